The van der Waals surface area contributed by atoms with Crippen LogP contribution in [0.4, 0.5) is 4.39 Å². The van der Waals surface area contributed by atoms with Gasteiger partial charge in [-0.1, -0.05) is 23.2 Å². The first-order chi connectivity index (χ1) is 7.47. The molecular weight excluding hydrogens is 252 g/mol. The summed E-state index contributed by atoms with van der Waals surface area (Å²) >= 11 is 11.8. The van der Waals surface area contributed by atoms with E-state index >= 15 is 0 Å². The van der Waals surface area contributed by atoms with E-state index in [1.165, 1.54) is 12.1 Å². The first-order valence-electron chi connectivity index (χ1n) is 4.97. The predicted octanol–water partition coefficient (Wildman–Crippen LogP) is 3.16. The number of hydrogen-bond donors (Lipinski definition) is 2. The summed E-state index contributed by atoms with van der Waals surface area (Å²) in [6.07, 6.45) is 0. The minimum Gasteiger partial charge on any atom is -0.395 e. The number of hydrogen-bond acceptors (Lipinski definition) is 2. The van der Waals surface area contributed by atoms with Crippen LogP contribution in [-0.4, -0.2) is 17.8 Å². The van der Waals surface area contributed by atoms with E-state index in [1.807, 2.05) is 13.8 Å². The smallest absolute Gasteiger partial charge is 0.142 e. The molecule has 0 aliphatic rings. The molecule has 0 aliphatic carbocycles. The maximum Gasteiger partial charge on any atom is 0.142 e. The lowest BCUT2D eigenvalue weighted by atomic mass is 10.1. The van der Waals surface area contributed by atoms with Crippen molar-refractivity contribution < 1.29 is 9.50 Å². The molecule has 0 saturated heterocycles. The summed E-state index contributed by atoms with van der Waals surface area (Å²) < 4.78 is 13.3. The van der Waals surface area contributed by atoms with E-state index in [9.17, 15) is 4.39 Å². The van der Waals surface area contributed by atoms with Crippen LogP contribution in [0, 0.1) is 5.82 Å². The summed E-state index contributed by atoms with van der Waals surface area (Å²) in [6.45, 7) is 3.63. The van der Waals surface area contributed by atoms with Gasteiger partial charge < -0.3 is 10.4 Å². The lowest BCUT2D eigenvalue weighted by molar-refractivity contribution is 0.243. The van der Waals surface area contributed by atoms with Crippen LogP contribution in [0.25, 0.3) is 0 Å². The van der Waals surface area contributed by atoms with Gasteiger partial charge in [0.25, 0.3) is 0 Å². The van der Waals surface area contributed by atoms with E-state index in [-0.39, 0.29) is 23.7 Å². The lowest BCUT2D eigenvalue weighted by Crippen LogP contribution is -2.32. The zero-order chi connectivity index (χ0) is 12.3. The van der Waals surface area contributed by atoms with Crippen LogP contribution < -0.4 is 5.32 Å². The Kier molecular flexibility index (Phi) is 4.99. The quantitative estimate of drug-likeness (QED) is 0.820. The van der Waals surface area contributed by atoms with Crippen LogP contribution in [0.15, 0.2) is 12.1 Å². The number of halogens is 3. The standard InChI is InChI=1S/C11H14Cl2FNO/c1-6(5-16)15-7(2)10-8(12)3-4-9(14)11(10)13/h3-4,6-7,15-16H,5H2,1-2H3/t6-,7?/m1/s1. The average molecular weight is 266 g/mol. The van der Waals surface area contributed by atoms with Crippen molar-refractivity contribution in [2.24, 2.45) is 0 Å². The molecule has 0 spiro atoms. The molecule has 2 N–H and O–H groups in total. The van der Waals surface area contributed by atoms with Gasteiger partial charge in [-0.3, -0.25) is 0 Å². The zero-order valence-electron chi connectivity index (χ0n) is 9.10. The molecule has 0 aliphatic heterocycles. The second-order valence-corrected chi connectivity index (χ2v) is 4.51. The molecule has 1 unspecified atom stereocenters. The molecule has 16 heavy (non-hydrogen) atoms. The van der Waals surface area contributed by atoms with Crippen molar-refractivity contribution in [3.8, 4) is 0 Å². The minimum absolute atomic E-state index is 0.00507. The summed E-state index contributed by atoms with van der Waals surface area (Å²) in [5.74, 6) is -0.494. The zero-order valence-corrected chi connectivity index (χ0v) is 10.6. The highest BCUT2D eigenvalue weighted by Crippen LogP contribution is 2.32. The largest absolute Gasteiger partial charge is 0.395 e. The van der Waals surface area contributed by atoms with Crippen LogP contribution in [0.5, 0.6) is 0 Å². The molecular formula is C11H14Cl2FNO. The molecule has 0 fully saturated rings. The third-order valence-corrected chi connectivity index (χ3v) is 3.03. The molecule has 5 heteroatoms. The molecule has 0 saturated carbocycles. The van der Waals surface area contributed by atoms with Crippen molar-refractivity contribution in [1.29, 1.82) is 0 Å². The predicted molar refractivity (Wildman–Crippen MR) is 64.5 cm³/mol. The highest BCUT2D eigenvalue weighted by Gasteiger charge is 2.18. The van der Waals surface area contributed by atoms with Crippen LogP contribution >= 0.6 is 23.2 Å². The number of rotatable bonds is 4. The fraction of sp³-hybridized carbons (Fsp3) is 0.455. The second kappa shape index (κ2) is 5.82. The van der Waals surface area contributed by atoms with Gasteiger partial charge >= 0.3 is 0 Å². The Bertz CT molecular complexity index is 373. The number of aliphatic hydroxyl groups is 1. The molecule has 1 rings (SSSR count). The van der Waals surface area contributed by atoms with Crippen LogP contribution in [0.1, 0.15) is 25.5 Å². The molecule has 0 bridgehead atoms. The number of benzene rings is 1. The molecule has 90 valence electrons. The molecule has 1 aromatic carbocycles. The van der Waals surface area contributed by atoms with Gasteiger partial charge in [0.2, 0.25) is 0 Å². The van der Waals surface area contributed by atoms with E-state index in [2.05, 4.69) is 5.32 Å². The maximum atomic E-state index is 13.3. The average Bonchev–Trinajstić information content (AvgIpc) is 2.24. The summed E-state index contributed by atoms with van der Waals surface area (Å²) in [7, 11) is 0. The molecule has 0 amide bonds. The minimum atomic E-state index is -0.494. The number of nitrogens with one attached hydrogen (secondary N) is 1. The Morgan fingerprint density at radius 2 is 2.00 bits per heavy atom. The third-order valence-electron chi connectivity index (χ3n) is 2.32. The van der Waals surface area contributed by atoms with Crippen LogP contribution in [-0.2, 0) is 0 Å². The van der Waals surface area contributed by atoms with Crippen molar-refractivity contribution in [3.05, 3.63) is 33.6 Å². The molecule has 1 aromatic rings. The van der Waals surface area contributed by atoms with E-state index in [0.717, 1.165) is 0 Å². The van der Waals surface area contributed by atoms with Gasteiger partial charge in [0.1, 0.15) is 5.82 Å². The van der Waals surface area contributed by atoms with Crippen LogP contribution in [0.2, 0.25) is 10.0 Å². The maximum absolute atomic E-state index is 13.3. The Labute approximate surface area is 104 Å². The monoisotopic (exact) mass is 265 g/mol. The van der Waals surface area contributed by atoms with Gasteiger partial charge in [-0.05, 0) is 26.0 Å². The first kappa shape index (κ1) is 13.7. The number of aliphatic hydroxyl groups excluding tert-OH is 1. The highest BCUT2D eigenvalue weighted by atomic mass is 35.5. The van der Waals surface area contributed by atoms with E-state index in [1.54, 1.807) is 0 Å². The van der Waals surface area contributed by atoms with Gasteiger partial charge in [-0.15, -0.1) is 0 Å². The van der Waals surface area contributed by atoms with Crippen molar-refractivity contribution in [3.63, 3.8) is 0 Å². The summed E-state index contributed by atoms with van der Waals surface area (Å²) in [5, 5.41) is 12.4. The SMILES string of the molecule is CC(N[C@H](C)CO)c1c(Cl)ccc(F)c1Cl. The van der Waals surface area contributed by atoms with Crippen LogP contribution in [0.3, 0.4) is 0 Å². The van der Waals surface area contributed by atoms with E-state index in [0.29, 0.717) is 10.6 Å². The van der Waals surface area contributed by atoms with Gasteiger partial charge in [0.15, 0.2) is 0 Å². The topological polar surface area (TPSA) is 32.3 Å². The van der Waals surface area contributed by atoms with Gasteiger partial charge in [0, 0.05) is 22.7 Å². The normalized spacial score (nSPS) is 14.9. The van der Waals surface area contributed by atoms with E-state index in [4.69, 9.17) is 28.3 Å². The molecule has 0 aromatic heterocycles. The first-order valence-corrected chi connectivity index (χ1v) is 5.73. The van der Waals surface area contributed by atoms with Crippen molar-refractivity contribution >= 4 is 23.2 Å². The van der Waals surface area contributed by atoms with Gasteiger partial charge in [-0.25, -0.2) is 4.39 Å². The molecule has 2 nitrogen and oxygen atoms in total. The van der Waals surface area contributed by atoms with Crippen molar-refractivity contribution in [2.75, 3.05) is 6.61 Å². The molecule has 2 atom stereocenters. The Balaban J connectivity index is 2.98. The van der Waals surface area contributed by atoms with E-state index < -0.39 is 5.82 Å². The fourth-order valence-electron chi connectivity index (χ4n) is 1.50. The van der Waals surface area contributed by atoms with Crippen molar-refractivity contribution in [2.45, 2.75) is 25.9 Å². The van der Waals surface area contributed by atoms with Gasteiger partial charge in [-0.2, -0.15) is 0 Å². The lowest BCUT2D eigenvalue weighted by Gasteiger charge is -2.20. The van der Waals surface area contributed by atoms with Gasteiger partial charge in [0.05, 0.1) is 11.6 Å². The highest BCUT2D eigenvalue weighted by molar-refractivity contribution is 6.36. The van der Waals surface area contributed by atoms with Crippen molar-refractivity contribution in [1.82, 2.24) is 5.32 Å². The Morgan fingerprint density at radius 3 is 2.56 bits per heavy atom. The summed E-state index contributed by atoms with van der Waals surface area (Å²) in [6, 6.07) is 2.37. The fourth-order valence-corrected chi connectivity index (χ4v) is 2.20. The summed E-state index contributed by atoms with van der Waals surface area (Å²) in [4.78, 5) is 0. The third kappa shape index (κ3) is 3.08. The Morgan fingerprint density at radius 1 is 1.38 bits per heavy atom. The Hall–Kier alpha value is -0.350. The molecule has 0 heterocycles. The second-order valence-electron chi connectivity index (χ2n) is 3.73. The molecule has 0 radical (unpaired) electrons. The summed E-state index contributed by atoms with van der Waals surface area (Å²) in [5.41, 5.74) is 0.517.